The molecule has 5 rings (SSSR count). The molecule has 3 aromatic carbocycles. The van der Waals surface area contributed by atoms with Gasteiger partial charge in [-0.25, -0.2) is 17.5 Å². The van der Waals surface area contributed by atoms with Crippen LogP contribution in [-0.2, 0) is 54.5 Å². The first-order valence-corrected chi connectivity index (χ1v) is 26.7. The number of ether oxygens (including phenoxy) is 6. The number of benzene rings is 3. The minimum Gasteiger partial charge on any atom is -0.458 e. The van der Waals surface area contributed by atoms with E-state index in [1.54, 1.807) is 17.0 Å². The average molecular weight is 963 g/mol. The molecule has 0 spiro atoms. The summed E-state index contributed by atoms with van der Waals surface area (Å²) in [6.45, 7) is 12.9. The van der Waals surface area contributed by atoms with Crippen molar-refractivity contribution in [2.45, 2.75) is 154 Å². The van der Waals surface area contributed by atoms with Crippen molar-refractivity contribution >= 4 is 27.6 Å². The van der Waals surface area contributed by atoms with Crippen molar-refractivity contribution in [3.05, 3.63) is 101 Å². The number of hydrogen-bond donors (Lipinski definition) is 1. The SMILES string of the molecule is CCCCOC[C@H]1OC(C#Cc2ccc([C@@H]3C(CC[C@H](OC(C)=O)c4ccc(F)cc4)C(=O)N3c3ccc(CCCNS(C)(=O)=O)cc3)cc2)[C@H](OCCCC)[C@@H](OCCCC)[C@@H]1OCCCC. The summed E-state index contributed by atoms with van der Waals surface area (Å²) in [5.74, 6) is 5.46. The van der Waals surface area contributed by atoms with Crippen LogP contribution in [0.5, 0.6) is 0 Å². The molecular formula is C54H75FN2O10S. The number of carbonyl (C=O) groups excluding carboxylic acids is 2. The van der Waals surface area contributed by atoms with Crippen LogP contribution in [0.15, 0.2) is 72.8 Å². The molecule has 14 heteroatoms. The Bertz CT molecular complexity index is 2140. The molecule has 2 saturated heterocycles. The highest BCUT2D eigenvalue weighted by Gasteiger charge is 2.49. The second-order valence-electron chi connectivity index (χ2n) is 17.9. The van der Waals surface area contributed by atoms with Gasteiger partial charge in [0.05, 0.1) is 24.8 Å². The number of nitrogens with one attached hydrogen (secondary N) is 1. The van der Waals surface area contributed by atoms with Crippen LogP contribution in [-0.4, -0.2) is 96.6 Å². The number of carbonyl (C=O) groups is 2. The fraction of sp³-hybridized carbons (Fsp3) is 0.593. The summed E-state index contributed by atoms with van der Waals surface area (Å²) in [5.41, 5.74) is 4.08. The van der Waals surface area contributed by atoms with Crippen LogP contribution in [0.2, 0.25) is 0 Å². The molecule has 12 nitrogen and oxygen atoms in total. The standard InChI is InChI=1S/C54H75FN2O10S/c1-7-11-34-62-38-49-52(64-36-13-9-3)53(65-37-14-10-4)51(63-35-12-8-2)48(67-49)31-21-41-17-22-43(23-18-41)50-46(30-32-47(66-39(5)58)42-24-26-44(55)27-25-42)54(59)57(50)45-28-19-40(20-29-45)16-15-33-56-68(6,60)61/h17-20,22-29,46-53,56H,7-16,30,32-38H2,1-6H3/t46?,47-,48?,49+,50+,51-,52+,53+/m0/s1. The first-order chi connectivity index (χ1) is 32.9. The number of β-lactam (4-membered cyclic amide) rings is 1. The van der Waals surface area contributed by atoms with Crippen LogP contribution in [0.4, 0.5) is 10.1 Å². The summed E-state index contributed by atoms with van der Waals surface area (Å²) in [6.07, 6.45) is 7.92. The molecule has 0 saturated carbocycles. The zero-order valence-electron chi connectivity index (χ0n) is 41.1. The van der Waals surface area contributed by atoms with Gasteiger partial charge in [0, 0.05) is 51.1 Å². The predicted octanol–water partition coefficient (Wildman–Crippen LogP) is 9.59. The van der Waals surface area contributed by atoms with Gasteiger partial charge >= 0.3 is 5.97 Å². The number of amides is 1. The Kier molecular flexibility index (Phi) is 22.9. The zero-order valence-corrected chi connectivity index (χ0v) is 41.9. The molecule has 3 aromatic rings. The smallest absolute Gasteiger partial charge is 0.303 e. The molecule has 2 heterocycles. The summed E-state index contributed by atoms with van der Waals surface area (Å²) in [6, 6.07) is 21.2. The molecular weight excluding hydrogens is 888 g/mol. The molecule has 8 atom stereocenters. The van der Waals surface area contributed by atoms with E-state index in [0.717, 1.165) is 80.0 Å². The molecule has 0 aromatic heterocycles. The highest BCUT2D eigenvalue weighted by atomic mass is 32.2. The quantitative estimate of drug-likeness (QED) is 0.0310. The predicted molar refractivity (Wildman–Crippen MR) is 263 cm³/mol. The van der Waals surface area contributed by atoms with E-state index in [1.807, 2.05) is 48.5 Å². The van der Waals surface area contributed by atoms with Crippen molar-refractivity contribution in [1.82, 2.24) is 4.72 Å². The lowest BCUT2D eigenvalue weighted by atomic mass is 9.78. The molecule has 1 N–H and O–H groups in total. The Balaban J connectivity index is 1.43. The molecule has 2 aliphatic heterocycles. The second-order valence-corrected chi connectivity index (χ2v) is 19.7. The number of unbranched alkanes of at least 4 members (excludes halogenated alkanes) is 4. The second kappa shape index (κ2) is 28.5. The highest BCUT2D eigenvalue weighted by molar-refractivity contribution is 7.88. The zero-order chi connectivity index (χ0) is 48.9. The normalized spacial score (nSPS) is 22.0. The lowest BCUT2D eigenvalue weighted by Gasteiger charge is -2.48. The van der Waals surface area contributed by atoms with Crippen molar-refractivity contribution in [2.75, 3.05) is 50.7 Å². The first-order valence-electron chi connectivity index (χ1n) is 24.9. The monoisotopic (exact) mass is 963 g/mol. The number of hydrogen-bond acceptors (Lipinski definition) is 10. The van der Waals surface area contributed by atoms with Crippen molar-refractivity contribution in [2.24, 2.45) is 5.92 Å². The molecule has 2 aliphatic rings. The Morgan fingerprint density at radius 2 is 1.40 bits per heavy atom. The maximum absolute atomic E-state index is 14.2. The molecule has 0 aliphatic carbocycles. The van der Waals surface area contributed by atoms with E-state index in [1.165, 1.54) is 19.1 Å². The number of sulfonamides is 1. The third kappa shape index (κ3) is 16.7. The number of anilines is 1. The van der Waals surface area contributed by atoms with Gasteiger partial charge in [-0.3, -0.25) is 9.59 Å². The number of nitrogens with zero attached hydrogens (tertiary/aromatic N) is 1. The maximum Gasteiger partial charge on any atom is 0.303 e. The van der Waals surface area contributed by atoms with Gasteiger partial charge in [0.25, 0.3) is 0 Å². The van der Waals surface area contributed by atoms with Gasteiger partial charge in [-0.1, -0.05) is 102 Å². The first kappa shape index (κ1) is 54.7. The molecule has 1 amide bonds. The molecule has 68 heavy (non-hydrogen) atoms. The van der Waals surface area contributed by atoms with Crippen LogP contribution >= 0.6 is 0 Å². The van der Waals surface area contributed by atoms with Gasteiger partial charge in [0.1, 0.15) is 42.4 Å². The molecule has 374 valence electrons. The lowest BCUT2D eigenvalue weighted by Crippen LogP contribution is -2.61. The molecule has 0 radical (unpaired) electrons. The summed E-state index contributed by atoms with van der Waals surface area (Å²) < 4.78 is 77.9. The van der Waals surface area contributed by atoms with Crippen molar-refractivity contribution in [3.8, 4) is 11.8 Å². The summed E-state index contributed by atoms with van der Waals surface area (Å²) in [4.78, 5) is 28.2. The Morgan fingerprint density at radius 3 is 2.00 bits per heavy atom. The fourth-order valence-electron chi connectivity index (χ4n) is 8.57. The van der Waals surface area contributed by atoms with Gasteiger partial charge in [0.2, 0.25) is 15.9 Å². The van der Waals surface area contributed by atoms with E-state index < -0.39 is 58.2 Å². The number of aryl methyl sites for hydroxylation is 1. The van der Waals surface area contributed by atoms with E-state index in [4.69, 9.17) is 28.4 Å². The van der Waals surface area contributed by atoms with Crippen LogP contribution in [0.3, 0.4) is 0 Å². The topological polar surface area (TPSA) is 139 Å². The van der Waals surface area contributed by atoms with Gasteiger partial charge in [-0.15, -0.1) is 0 Å². The Morgan fingerprint density at radius 1 is 0.794 bits per heavy atom. The van der Waals surface area contributed by atoms with Gasteiger partial charge in [-0.05, 0) is 104 Å². The lowest BCUT2D eigenvalue weighted by molar-refractivity contribution is -0.254. The van der Waals surface area contributed by atoms with E-state index in [0.29, 0.717) is 70.8 Å². The number of rotatable bonds is 29. The minimum absolute atomic E-state index is 0.0610. The summed E-state index contributed by atoms with van der Waals surface area (Å²) >= 11 is 0. The van der Waals surface area contributed by atoms with Crippen molar-refractivity contribution in [1.29, 1.82) is 0 Å². The maximum atomic E-state index is 14.2. The molecule has 2 fully saturated rings. The van der Waals surface area contributed by atoms with Crippen molar-refractivity contribution in [3.63, 3.8) is 0 Å². The van der Waals surface area contributed by atoms with E-state index in [9.17, 15) is 22.4 Å². The van der Waals surface area contributed by atoms with Gasteiger partial charge < -0.3 is 33.3 Å². The van der Waals surface area contributed by atoms with E-state index in [2.05, 4.69) is 44.3 Å². The van der Waals surface area contributed by atoms with E-state index in [-0.39, 0.29) is 18.1 Å². The van der Waals surface area contributed by atoms with Gasteiger partial charge in [-0.2, -0.15) is 0 Å². The Labute approximate surface area is 405 Å². The third-order valence-electron chi connectivity index (χ3n) is 12.3. The summed E-state index contributed by atoms with van der Waals surface area (Å²) in [7, 11) is -3.27. The number of halogens is 1. The van der Waals surface area contributed by atoms with Crippen LogP contribution in [0.1, 0.15) is 140 Å². The van der Waals surface area contributed by atoms with Crippen LogP contribution in [0, 0.1) is 23.6 Å². The third-order valence-corrected chi connectivity index (χ3v) is 13.0. The van der Waals surface area contributed by atoms with Crippen LogP contribution in [0.25, 0.3) is 0 Å². The van der Waals surface area contributed by atoms with Crippen molar-refractivity contribution < 1.29 is 50.8 Å². The minimum atomic E-state index is -3.27. The van der Waals surface area contributed by atoms with Crippen LogP contribution < -0.4 is 9.62 Å². The van der Waals surface area contributed by atoms with E-state index >= 15 is 0 Å². The van der Waals surface area contributed by atoms with Gasteiger partial charge in [0.15, 0.2) is 0 Å². The largest absolute Gasteiger partial charge is 0.458 e. The average Bonchev–Trinajstić information content (AvgIpc) is 3.31. The Hall–Kier alpha value is -4.20. The molecule has 2 unspecified atom stereocenters. The fourth-order valence-corrected chi connectivity index (χ4v) is 9.08. The highest BCUT2D eigenvalue weighted by Crippen LogP contribution is 2.47. The number of esters is 1. The molecule has 0 bridgehead atoms. The summed E-state index contributed by atoms with van der Waals surface area (Å²) in [5, 5.41) is 0.